The zero-order valence-corrected chi connectivity index (χ0v) is 13.7. The molecule has 1 aromatic heterocycles. The van der Waals surface area contributed by atoms with Gasteiger partial charge in [-0.2, -0.15) is 0 Å². The van der Waals surface area contributed by atoms with Gasteiger partial charge in [0.1, 0.15) is 0 Å². The van der Waals surface area contributed by atoms with E-state index in [1.807, 2.05) is 27.0 Å². The summed E-state index contributed by atoms with van der Waals surface area (Å²) in [6, 6.07) is 2.38. The van der Waals surface area contributed by atoms with Crippen LogP contribution in [0.3, 0.4) is 0 Å². The third-order valence-electron chi connectivity index (χ3n) is 4.22. The summed E-state index contributed by atoms with van der Waals surface area (Å²) in [5, 5.41) is 0. The Morgan fingerprint density at radius 3 is 2.55 bits per heavy atom. The average Bonchev–Trinajstić information content (AvgIpc) is 2.70. The number of ketones is 1. The van der Waals surface area contributed by atoms with E-state index in [4.69, 9.17) is 4.74 Å². The van der Waals surface area contributed by atoms with Gasteiger partial charge in [-0.25, -0.2) is 0 Å². The van der Waals surface area contributed by atoms with Crippen LogP contribution in [0.15, 0.2) is 6.07 Å². The average molecular weight is 280 g/mol. The molecule has 0 N–H and O–H groups in total. The number of carbonyl (C=O) groups is 1. The zero-order chi connectivity index (χ0) is 15.3. The number of hydrogen-bond acceptors (Lipinski definition) is 3. The number of aryl methyl sites for hydroxylation is 1. The number of rotatable bonds is 8. The number of carbonyl (C=O) groups excluding carboxylic acids is 1. The summed E-state index contributed by atoms with van der Waals surface area (Å²) in [7, 11) is 3.69. The zero-order valence-electron chi connectivity index (χ0n) is 13.7. The standard InChI is InChI=1S/C16H28N2O2/c1-7-12(2)18(8-9-20-6)11-16(19)15-10-13(3)17(5)14(15)4/h10,12H,7-9,11H2,1-6H3. The van der Waals surface area contributed by atoms with E-state index in [-0.39, 0.29) is 5.78 Å². The maximum Gasteiger partial charge on any atom is 0.178 e. The van der Waals surface area contributed by atoms with Crippen LogP contribution in [-0.4, -0.2) is 48.1 Å². The van der Waals surface area contributed by atoms with Crippen LogP contribution < -0.4 is 0 Å². The summed E-state index contributed by atoms with van der Waals surface area (Å²) < 4.78 is 7.21. The van der Waals surface area contributed by atoms with Crippen molar-refractivity contribution in [2.45, 2.75) is 40.2 Å². The second-order valence-electron chi connectivity index (χ2n) is 5.49. The Balaban J connectivity index is 2.81. The predicted octanol–water partition coefficient (Wildman–Crippen LogP) is 2.57. The van der Waals surface area contributed by atoms with Gasteiger partial charge in [0.05, 0.1) is 13.2 Å². The molecule has 4 heteroatoms. The molecule has 114 valence electrons. The second-order valence-corrected chi connectivity index (χ2v) is 5.49. The highest BCUT2D eigenvalue weighted by Crippen LogP contribution is 2.15. The van der Waals surface area contributed by atoms with E-state index in [0.29, 0.717) is 19.2 Å². The summed E-state index contributed by atoms with van der Waals surface area (Å²) in [5.74, 6) is 0.197. The van der Waals surface area contributed by atoms with Gasteiger partial charge in [-0.15, -0.1) is 0 Å². The third-order valence-corrected chi connectivity index (χ3v) is 4.22. The van der Waals surface area contributed by atoms with Crippen molar-refractivity contribution in [2.24, 2.45) is 7.05 Å². The van der Waals surface area contributed by atoms with Gasteiger partial charge in [0.25, 0.3) is 0 Å². The smallest absolute Gasteiger partial charge is 0.178 e. The lowest BCUT2D eigenvalue weighted by Gasteiger charge is -2.27. The van der Waals surface area contributed by atoms with Crippen LogP contribution in [0.1, 0.15) is 42.0 Å². The molecule has 0 bridgehead atoms. The fourth-order valence-electron chi connectivity index (χ4n) is 2.33. The number of Topliss-reactive ketones (excluding diaryl/α,β-unsaturated/α-hetero) is 1. The number of methoxy groups -OCH3 is 1. The molecule has 0 aliphatic rings. The van der Waals surface area contributed by atoms with Crippen LogP contribution in [0.4, 0.5) is 0 Å². The van der Waals surface area contributed by atoms with E-state index in [2.05, 4.69) is 23.3 Å². The number of ether oxygens (including phenoxy) is 1. The first-order valence-corrected chi connectivity index (χ1v) is 7.31. The van der Waals surface area contributed by atoms with Gasteiger partial charge in [0, 0.05) is 43.7 Å². The molecule has 0 aliphatic carbocycles. The Labute approximate surface area is 122 Å². The Hall–Kier alpha value is -1.13. The lowest BCUT2D eigenvalue weighted by atomic mass is 10.1. The van der Waals surface area contributed by atoms with E-state index in [1.54, 1.807) is 7.11 Å². The normalized spacial score (nSPS) is 12.9. The second kappa shape index (κ2) is 7.60. The first-order valence-electron chi connectivity index (χ1n) is 7.31. The van der Waals surface area contributed by atoms with Gasteiger partial charge in [-0.1, -0.05) is 6.92 Å². The summed E-state index contributed by atoms with van der Waals surface area (Å²) >= 11 is 0. The van der Waals surface area contributed by atoms with E-state index < -0.39 is 0 Å². The molecule has 1 aromatic rings. The Kier molecular flexibility index (Phi) is 6.43. The fraction of sp³-hybridized carbons (Fsp3) is 0.688. The molecule has 0 spiro atoms. The highest BCUT2D eigenvalue weighted by Gasteiger charge is 2.20. The fourth-order valence-corrected chi connectivity index (χ4v) is 2.33. The molecule has 0 fully saturated rings. The first-order chi connectivity index (χ1) is 9.42. The van der Waals surface area contributed by atoms with Crippen molar-refractivity contribution in [1.29, 1.82) is 0 Å². The molecule has 0 saturated carbocycles. The SMILES string of the molecule is CCC(C)N(CCOC)CC(=O)c1cc(C)n(C)c1C. The highest BCUT2D eigenvalue weighted by atomic mass is 16.5. The first kappa shape index (κ1) is 16.9. The lowest BCUT2D eigenvalue weighted by molar-refractivity contribution is 0.0833. The van der Waals surface area contributed by atoms with E-state index in [0.717, 1.165) is 29.9 Å². The van der Waals surface area contributed by atoms with Crippen LogP contribution in [0.5, 0.6) is 0 Å². The minimum Gasteiger partial charge on any atom is -0.383 e. The van der Waals surface area contributed by atoms with Crippen LogP contribution in [-0.2, 0) is 11.8 Å². The van der Waals surface area contributed by atoms with Crippen LogP contribution in [0.2, 0.25) is 0 Å². The molecule has 1 unspecified atom stereocenters. The molecule has 1 atom stereocenters. The molecule has 0 aliphatic heterocycles. The molecule has 20 heavy (non-hydrogen) atoms. The molecule has 0 saturated heterocycles. The van der Waals surface area contributed by atoms with Crippen LogP contribution in [0.25, 0.3) is 0 Å². The van der Waals surface area contributed by atoms with E-state index in [9.17, 15) is 4.79 Å². The molecular formula is C16H28N2O2. The van der Waals surface area contributed by atoms with Crippen molar-refractivity contribution in [3.05, 3.63) is 23.0 Å². The van der Waals surface area contributed by atoms with Gasteiger partial charge in [-0.3, -0.25) is 9.69 Å². The number of aromatic nitrogens is 1. The molecule has 0 amide bonds. The van der Waals surface area contributed by atoms with Crippen molar-refractivity contribution >= 4 is 5.78 Å². The van der Waals surface area contributed by atoms with Gasteiger partial charge in [0.2, 0.25) is 0 Å². The summed E-state index contributed by atoms with van der Waals surface area (Å²) in [5.41, 5.74) is 3.01. The highest BCUT2D eigenvalue weighted by molar-refractivity contribution is 5.99. The van der Waals surface area contributed by atoms with Gasteiger partial charge in [0.15, 0.2) is 5.78 Å². The quantitative estimate of drug-likeness (QED) is 0.686. The number of hydrogen-bond donors (Lipinski definition) is 0. The maximum atomic E-state index is 12.5. The molecular weight excluding hydrogens is 252 g/mol. The van der Waals surface area contributed by atoms with E-state index in [1.165, 1.54) is 0 Å². The van der Waals surface area contributed by atoms with Crippen LogP contribution >= 0.6 is 0 Å². The molecule has 4 nitrogen and oxygen atoms in total. The minimum atomic E-state index is 0.197. The monoisotopic (exact) mass is 280 g/mol. The van der Waals surface area contributed by atoms with Gasteiger partial charge >= 0.3 is 0 Å². The van der Waals surface area contributed by atoms with Crippen LogP contribution in [0, 0.1) is 13.8 Å². The van der Waals surface area contributed by atoms with Crippen molar-refractivity contribution in [2.75, 3.05) is 26.8 Å². The maximum absolute atomic E-state index is 12.5. The van der Waals surface area contributed by atoms with Crippen molar-refractivity contribution in [1.82, 2.24) is 9.47 Å². The number of nitrogens with zero attached hydrogens (tertiary/aromatic N) is 2. The Morgan fingerprint density at radius 1 is 1.45 bits per heavy atom. The molecule has 0 radical (unpaired) electrons. The largest absolute Gasteiger partial charge is 0.383 e. The van der Waals surface area contributed by atoms with Gasteiger partial charge in [-0.05, 0) is 33.3 Å². The summed E-state index contributed by atoms with van der Waals surface area (Å²) in [6.45, 7) is 10.2. The lowest BCUT2D eigenvalue weighted by Crippen LogP contribution is -2.39. The minimum absolute atomic E-state index is 0.197. The van der Waals surface area contributed by atoms with Crippen molar-refractivity contribution in [3.63, 3.8) is 0 Å². The molecule has 1 rings (SSSR count). The Morgan fingerprint density at radius 2 is 2.10 bits per heavy atom. The molecule has 0 aromatic carbocycles. The third kappa shape index (κ3) is 3.93. The predicted molar refractivity (Wildman–Crippen MR) is 82.4 cm³/mol. The Bertz CT molecular complexity index is 452. The van der Waals surface area contributed by atoms with Gasteiger partial charge < -0.3 is 9.30 Å². The summed E-state index contributed by atoms with van der Waals surface area (Å²) in [6.07, 6.45) is 1.03. The van der Waals surface area contributed by atoms with Crippen molar-refractivity contribution < 1.29 is 9.53 Å². The summed E-state index contributed by atoms with van der Waals surface area (Å²) in [4.78, 5) is 14.7. The molecule has 1 heterocycles. The van der Waals surface area contributed by atoms with Crippen molar-refractivity contribution in [3.8, 4) is 0 Å². The van der Waals surface area contributed by atoms with E-state index >= 15 is 0 Å². The topological polar surface area (TPSA) is 34.5 Å².